The third kappa shape index (κ3) is 4.76. The molecule has 4 nitrogen and oxygen atoms in total. The highest BCUT2D eigenvalue weighted by molar-refractivity contribution is 9.10. The van der Waals surface area contributed by atoms with Gasteiger partial charge >= 0.3 is 0 Å². The summed E-state index contributed by atoms with van der Waals surface area (Å²) in [5, 5.41) is 0.0925. The van der Waals surface area contributed by atoms with E-state index in [2.05, 4.69) is 15.9 Å². The third-order valence-electron chi connectivity index (χ3n) is 4.35. The molecular weight excluding hydrogens is 435 g/mol. The van der Waals surface area contributed by atoms with E-state index in [-0.39, 0.29) is 22.4 Å². The maximum atomic E-state index is 13.2. The van der Waals surface area contributed by atoms with Gasteiger partial charge in [0.15, 0.2) is 0 Å². The van der Waals surface area contributed by atoms with E-state index >= 15 is 0 Å². The highest BCUT2D eigenvalue weighted by Crippen LogP contribution is 2.20. The molecule has 0 N–H and O–H groups in total. The number of rotatable bonds is 3. The van der Waals surface area contributed by atoms with E-state index in [0.717, 1.165) is 16.1 Å². The fourth-order valence-corrected chi connectivity index (χ4v) is 3.50. The number of benzene rings is 2. The lowest BCUT2D eigenvalue weighted by Gasteiger charge is -2.34. The zero-order valence-corrected chi connectivity index (χ0v) is 16.7. The van der Waals surface area contributed by atoms with Gasteiger partial charge in [0.05, 0.1) is 10.6 Å². The molecule has 1 fully saturated rings. The molecule has 0 radical (unpaired) electrons. The summed E-state index contributed by atoms with van der Waals surface area (Å²) < 4.78 is 14.1. The summed E-state index contributed by atoms with van der Waals surface area (Å²) >= 11 is 9.41. The van der Waals surface area contributed by atoms with Crippen LogP contribution in [0.2, 0.25) is 5.02 Å². The Hall–Kier alpha value is -2.18. The first-order valence-corrected chi connectivity index (χ1v) is 9.58. The SMILES string of the molecule is O=C(/C=C/c1ccccc1Br)N1CCN(C(=O)c2ccc(F)cc2Cl)CC1. The molecule has 1 heterocycles. The van der Waals surface area contributed by atoms with Crippen LogP contribution >= 0.6 is 27.5 Å². The minimum Gasteiger partial charge on any atom is -0.336 e. The van der Waals surface area contributed by atoms with E-state index in [9.17, 15) is 14.0 Å². The van der Waals surface area contributed by atoms with Crippen LogP contribution in [0.15, 0.2) is 53.0 Å². The van der Waals surface area contributed by atoms with E-state index in [1.807, 2.05) is 24.3 Å². The van der Waals surface area contributed by atoms with Crippen molar-refractivity contribution in [3.8, 4) is 0 Å². The predicted molar refractivity (Wildman–Crippen MR) is 107 cm³/mol. The Balaban J connectivity index is 1.59. The molecule has 3 rings (SSSR count). The minimum absolute atomic E-state index is 0.0925. The van der Waals surface area contributed by atoms with Gasteiger partial charge < -0.3 is 9.80 Å². The highest BCUT2D eigenvalue weighted by atomic mass is 79.9. The van der Waals surface area contributed by atoms with Gasteiger partial charge in [-0.2, -0.15) is 0 Å². The van der Waals surface area contributed by atoms with E-state index in [1.165, 1.54) is 18.2 Å². The number of hydrogen-bond acceptors (Lipinski definition) is 2. The van der Waals surface area contributed by atoms with Crippen molar-refractivity contribution in [1.29, 1.82) is 0 Å². The Morgan fingerprint density at radius 3 is 2.37 bits per heavy atom. The second kappa shape index (κ2) is 8.67. The number of carbonyl (C=O) groups excluding carboxylic acids is 2. The van der Waals surface area contributed by atoms with Gasteiger partial charge in [-0.3, -0.25) is 9.59 Å². The molecule has 1 aliphatic heterocycles. The van der Waals surface area contributed by atoms with Crippen molar-refractivity contribution in [2.75, 3.05) is 26.2 Å². The second-order valence-electron chi connectivity index (χ2n) is 6.10. The van der Waals surface area contributed by atoms with E-state index < -0.39 is 5.82 Å². The van der Waals surface area contributed by atoms with Crippen molar-refractivity contribution < 1.29 is 14.0 Å². The quantitative estimate of drug-likeness (QED) is 0.655. The average Bonchev–Trinajstić information content (AvgIpc) is 2.67. The van der Waals surface area contributed by atoms with Crippen molar-refractivity contribution >= 4 is 45.4 Å². The molecule has 2 amide bonds. The largest absolute Gasteiger partial charge is 0.336 e. The molecule has 0 atom stereocenters. The van der Waals surface area contributed by atoms with Crippen LogP contribution in [0.5, 0.6) is 0 Å². The molecule has 27 heavy (non-hydrogen) atoms. The monoisotopic (exact) mass is 450 g/mol. The van der Waals surface area contributed by atoms with Crippen molar-refractivity contribution in [3.05, 3.63) is 75.0 Å². The van der Waals surface area contributed by atoms with Crippen LogP contribution in [0.4, 0.5) is 4.39 Å². The van der Waals surface area contributed by atoms with Crippen LogP contribution in [-0.4, -0.2) is 47.8 Å². The molecule has 0 unspecified atom stereocenters. The predicted octanol–water partition coefficient (Wildman–Crippen LogP) is 4.24. The lowest BCUT2D eigenvalue weighted by molar-refractivity contribution is -0.127. The first-order valence-electron chi connectivity index (χ1n) is 8.41. The summed E-state index contributed by atoms with van der Waals surface area (Å²) in [6.45, 7) is 1.68. The van der Waals surface area contributed by atoms with Gasteiger partial charge in [0.25, 0.3) is 5.91 Å². The van der Waals surface area contributed by atoms with Crippen LogP contribution in [0.25, 0.3) is 6.08 Å². The van der Waals surface area contributed by atoms with Crippen LogP contribution in [-0.2, 0) is 4.79 Å². The van der Waals surface area contributed by atoms with Gasteiger partial charge in [0.1, 0.15) is 5.82 Å². The van der Waals surface area contributed by atoms with Crippen LogP contribution in [0.1, 0.15) is 15.9 Å². The Kier molecular flexibility index (Phi) is 6.29. The number of amides is 2. The van der Waals surface area contributed by atoms with Crippen molar-refractivity contribution in [3.63, 3.8) is 0 Å². The van der Waals surface area contributed by atoms with Gasteiger partial charge in [-0.25, -0.2) is 4.39 Å². The zero-order valence-electron chi connectivity index (χ0n) is 14.4. The first-order chi connectivity index (χ1) is 13.0. The molecule has 1 saturated heterocycles. The minimum atomic E-state index is -0.483. The summed E-state index contributed by atoms with van der Waals surface area (Å²) in [5.74, 6) is -0.836. The molecule has 2 aromatic rings. The van der Waals surface area contributed by atoms with Gasteiger partial charge in [0.2, 0.25) is 5.91 Å². The summed E-state index contributed by atoms with van der Waals surface area (Å²) in [6.07, 6.45) is 3.30. The number of carbonyl (C=O) groups is 2. The molecule has 0 saturated carbocycles. The van der Waals surface area contributed by atoms with Crippen molar-refractivity contribution in [1.82, 2.24) is 9.80 Å². The summed E-state index contributed by atoms with van der Waals surface area (Å²) in [4.78, 5) is 28.3. The first kappa shape index (κ1) is 19.6. The zero-order chi connectivity index (χ0) is 19.4. The summed E-state index contributed by atoms with van der Waals surface area (Å²) in [5.41, 5.74) is 1.19. The smallest absolute Gasteiger partial charge is 0.255 e. The fraction of sp³-hybridized carbons (Fsp3) is 0.200. The normalized spacial score (nSPS) is 14.6. The molecule has 0 bridgehead atoms. The second-order valence-corrected chi connectivity index (χ2v) is 7.36. The maximum absolute atomic E-state index is 13.2. The standard InChI is InChI=1S/C20H17BrClFN2O2/c21-17-4-2-1-3-14(17)5-8-19(26)24-9-11-25(12-10-24)20(27)16-7-6-15(23)13-18(16)22/h1-8,13H,9-12H2/b8-5+. The number of piperazine rings is 1. The molecule has 1 aliphatic rings. The number of hydrogen-bond donors (Lipinski definition) is 0. The lowest BCUT2D eigenvalue weighted by atomic mass is 10.1. The maximum Gasteiger partial charge on any atom is 0.255 e. The number of nitrogens with zero attached hydrogens (tertiary/aromatic N) is 2. The Bertz CT molecular complexity index is 895. The van der Waals surface area contributed by atoms with Gasteiger partial charge in [-0.1, -0.05) is 45.7 Å². The summed E-state index contributed by atoms with van der Waals surface area (Å²) in [6, 6.07) is 11.4. The molecule has 7 heteroatoms. The molecule has 2 aromatic carbocycles. The van der Waals surface area contributed by atoms with Crippen molar-refractivity contribution in [2.24, 2.45) is 0 Å². The van der Waals surface area contributed by atoms with Gasteiger partial charge in [-0.15, -0.1) is 0 Å². The lowest BCUT2D eigenvalue weighted by Crippen LogP contribution is -2.50. The molecule has 0 aliphatic carbocycles. The molecule has 0 aromatic heterocycles. The van der Waals surface area contributed by atoms with Crippen LogP contribution in [0.3, 0.4) is 0 Å². The Morgan fingerprint density at radius 2 is 1.70 bits per heavy atom. The Labute approximate surface area is 170 Å². The van der Waals surface area contributed by atoms with Crippen molar-refractivity contribution in [2.45, 2.75) is 0 Å². The van der Waals surface area contributed by atoms with Crippen LogP contribution < -0.4 is 0 Å². The van der Waals surface area contributed by atoms with Gasteiger partial charge in [0, 0.05) is 36.7 Å². The number of halogens is 3. The molecular formula is C20H17BrClFN2O2. The van der Waals surface area contributed by atoms with E-state index in [0.29, 0.717) is 26.2 Å². The molecule has 0 spiro atoms. The van der Waals surface area contributed by atoms with E-state index in [4.69, 9.17) is 11.6 Å². The highest BCUT2D eigenvalue weighted by Gasteiger charge is 2.25. The molecule has 140 valence electrons. The summed E-state index contributed by atoms with van der Waals surface area (Å²) in [7, 11) is 0. The third-order valence-corrected chi connectivity index (χ3v) is 5.39. The fourth-order valence-electron chi connectivity index (χ4n) is 2.84. The van der Waals surface area contributed by atoms with E-state index in [1.54, 1.807) is 15.9 Å². The van der Waals surface area contributed by atoms with Gasteiger partial charge in [-0.05, 0) is 35.9 Å². The topological polar surface area (TPSA) is 40.6 Å². The Morgan fingerprint density at radius 1 is 1.04 bits per heavy atom. The van der Waals surface area contributed by atoms with Crippen LogP contribution in [0, 0.1) is 5.82 Å². The average molecular weight is 452 g/mol.